The first-order chi connectivity index (χ1) is 12.6. The molecule has 1 aromatic rings. The largest absolute Gasteiger partial charge is 0.465 e. The van der Waals surface area contributed by atoms with Gasteiger partial charge < -0.3 is 10.4 Å². The number of carboxylic acid groups (broad SMARTS) is 1. The van der Waals surface area contributed by atoms with E-state index in [0.29, 0.717) is 23.8 Å². The number of rotatable bonds is 4. The summed E-state index contributed by atoms with van der Waals surface area (Å²) < 4.78 is 66.0. The molecule has 2 aliphatic rings. The predicted octanol–water partition coefficient (Wildman–Crippen LogP) is 3.50. The summed E-state index contributed by atoms with van der Waals surface area (Å²) in [5.74, 6) is -2.05. The highest BCUT2D eigenvalue weighted by molar-refractivity contribution is 5.86. The molecule has 27 heavy (non-hydrogen) atoms. The maximum Gasteiger partial charge on any atom is 0.416 e. The number of hydrogen-bond donors (Lipinski definition) is 2. The van der Waals surface area contributed by atoms with Gasteiger partial charge in [0.15, 0.2) is 0 Å². The number of amides is 2. The summed E-state index contributed by atoms with van der Waals surface area (Å²) >= 11 is 0. The van der Waals surface area contributed by atoms with Crippen molar-refractivity contribution in [2.75, 3.05) is 6.54 Å². The summed E-state index contributed by atoms with van der Waals surface area (Å²) in [5, 5.41) is 11.6. The molecule has 0 spiro atoms. The van der Waals surface area contributed by atoms with Gasteiger partial charge in [0.2, 0.25) is 5.91 Å². The molecule has 1 aromatic carbocycles. The van der Waals surface area contributed by atoms with Crippen molar-refractivity contribution in [3.63, 3.8) is 0 Å². The lowest BCUT2D eigenvalue weighted by atomic mass is 9.99. The minimum atomic E-state index is -4.69. The van der Waals surface area contributed by atoms with Crippen LogP contribution in [-0.2, 0) is 11.0 Å². The summed E-state index contributed by atoms with van der Waals surface area (Å²) in [4.78, 5) is 24.3. The third-order valence-electron chi connectivity index (χ3n) is 4.85. The number of alkyl halides is 4. The van der Waals surface area contributed by atoms with Crippen molar-refractivity contribution in [2.24, 2.45) is 5.92 Å². The zero-order valence-electron chi connectivity index (χ0n) is 14.0. The Morgan fingerprint density at radius 1 is 1.26 bits per heavy atom. The number of nitrogens with one attached hydrogen (secondary N) is 1. The van der Waals surface area contributed by atoms with Crippen molar-refractivity contribution in [1.82, 2.24) is 10.2 Å². The standard InChI is InChI=1S/C17H17F5N2O3/c18-10-6-13(24(7-10)16(26)27)15(25)23-14(8-1-2-8)11-4-3-9(5-12(11)19)17(20,21)22/h3-5,8,10,13-14H,1-2,6-7H2,(H,23,25)(H,26,27)/t10-,13+,14+/m0/s1. The van der Waals surface area contributed by atoms with Gasteiger partial charge >= 0.3 is 12.3 Å². The molecule has 1 aliphatic heterocycles. The van der Waals surface area contributed by atoms with Crippen molar-refractivity contribution in [3.8, 4) is 0 Å². The Morgan fingerprint density at radius 3 is 2.44 bits per heavy atom. The number of carbonyl (C=O) groups is 2. The fraction of sp³-hybridized carbons (Fsp3) is 0.529. The van der Waals surface area contributed by atoms with Crippen molar-refractivity contribution >= 4 is 12.0 Å². The lowest BCUT2D eigenvalue weighted by Gasteiger charge is -2.25. The third-order valence-corrected chi connectivity index (χ3v) is 4.85. The molecule has 3 rings (SSSR count). The van der Waals surface area contributed by atoms with E-state index in [4.69, 9.17) is 5.11 Å². The molecule has 2 N–H and O–H groups in total. The highest BCUT2D eigenvalue weighted by atomic mass is 19.4. The fourth-order valence-corrected chi connectivity index (χ4v) is 3.33. The summed E-state index contributed by atoms with van der Waals surface area (Å²) in [6.07, 6.45) is -6.66. The van der Waals surface area contributed by atoms with Crippen molar-refractivity contribution in [3.05, 3.63) is 35.1 Å². The Hall–Kier alpha value is -2.39. The van der Waals surface area contributed by atoms with Gasteiger partial charge in [0.25, 0.3) is 0 Å². The lowest BCUT2D eigenvalue weighted by Crippen LogP contribution is -2.46. The Labute approximate surface area is 151 Å². The molecular weight excluding hydrogens is 375 g/mol. The van der Waals surface area contributed by atoms with Gasteiger partial charge in [-0.05, 0) is 30.9 Å². The molecule has 5 nitrogen and oxygen atoms in total. The van der Waals surface area contributed by atoms with Crippen LogP contribution in [0.15, 0.2) is 18.2 Å². The summed E-state index contributed by atoms with van der Waals surface area (Å²) in [5.41, 5.74) is -1.24. The Balaban J connectivity index is 1.81. The summed E-state index contributed by atoms with van der Waals surface area (Å²) in [7, 11) is 0. The maximum atomic E-state index is 14.3. The average Bonchev–Trinajstić information content (AvgIpc) is 3.33. The van der Waals surface area contributed by atoms with E-state index < -0.39 is 54.4 Å². The van der Waals surface area contributed by atoms with Crippen molar-refractivity contribution in [2.45, 2.75) is 43.7 Å². The Bertz CT molecular complexity index is 751. The summed E-state index contributed by atoms with van der Waals surface area (Å²) in [6.45, 7) is -0.434. The van der Waals surface area contributed by atoms with Gasteiger partial charge in [-0.25, -0.2) is 13.6 Å². The zero-order chi connectivity index (χ0) is 19.9. The second kappa shape index (κ2) is 6.97. The number of benzene rings is 1. The topological polar surface area (TPSA) is 69.6 Å². The quantitative estimate of drug-likeness (QED) is 0.771. The van der Waals surface area contributed by atoms with Crippen LogP contribution in [0.3, 0.4) is 0 Å². The zero-order valence-corrected chi connectivity index (χ0v) is 14.0. The average molecular weight is 392 g/mol. The summed E-state index contributed by atoms with van der Waals surface area (Å²) in [6, 6.07) is -0.0712. The van der Waals surface area contributed by atoms with Gasteiger partial charge in [-0.2, -0.15) is 13.2 Å². The minimum Gasteiger partial charge on any atom is -0.465 e. The van der Waals surface area contributed by atoms with E-state index in [-0.39, 0.29) is 17.9 Å². The van der Waals surface area contributed by atoms with Crippen LogP contribution in [0.1, 0.15) is 36.4 Å². The van der Waals surface area contributed by atoms with Crippen LogP contribution < -0.4 is 5.32 Å². The van der Waals surface area contributed by atoms with E-state index in [1.807, 2.05) is 0 Å². The van der Waals surface area contributed by atoms with Crippen LogP contribution in [0, 0.1) is 11.7 Å². The molecule has 1 aliphatic carbocycles. The van der Waals surface area contributed by atoms with Crippen molar-refractivity contribution in [1.29, 1.82) is 0 Å². The smallest absolute Gasteiger partial charge is 0.416 e. The Kier molecular flexibility index (Phi) is 5.00. The molecule has 0 radical (unpaired) electrons. The second-order valence-electron chi connectivity index (χ2n) is 6.84. The van der Waals surface area contributed by atoms with E-state index in [2.05, 4.69) is 5.32 Å². The Morgan fingerprint density at radius 2 is 1.93 bits per heavy atom. The van der Waals surface area contributed by atoms with Gasteiger partial charge in [-0.1, -0.05) is 6.07 Å². The van der Waals surface area contributed by atoms with Crippen LogP contribution in [0.25, 0.3) is 0 Å². The molecule has 0 aromatic heterocycles. The normalized spacial score (nSPS) is 24.0. The molecule has 3 atom stereocenters. The molecule has 0 bridgehead atoms. The second-order valence-corrected chi connectivity index (χ2v) is 6.84. The van der Waals surface area contributed by atoms with E-state index in [0.717, 1.165) is 12.1 Å². The number of likely N-dealkylation sites (tertiary alicyclic amines) is 1. The number of hydrogen-bond acceptors (Lipinski definition) is 2. The molecule has 1 heterocycles. The minimum absolute atomic E-state index is 0.101. The molecule has 148 valence electrons. The van der Waals surface area contributed by atoms with Gasteiger partial charge in [-0.15, -0.1) is 0 Å². The first kappa shape index (κ1) is 19.4. The SMILES string of the molecule is O=C(N[C@@H](c1ccc(C(F)(F)F)cc1F)C1CC1)[C@H]1C[C@H](F)CN1C(=O)O. The number of nitrogens with zero attached hydrogens (tertiary/aromatic N) is 1. The van der Waals surface area contributed by atoms with E-state index in [9.17, 15) is 31.5 Å². The fourth-order valence-electron chi connectivity index (χ4n) is 3.33. The maximum absolute atomic E-state index is 14.3. The van der Waals surface area contributed by atoms with E-state index in [1.165, 1.54) is 0 Å². The first-order valence-corrected chi connectivity index (χ1v) is 8.38. The van der Waals surface area contributed by atoms with Crippen LogP contribution in [0.5, 0.6) is 0 Å². The monoisotopic (exact) mass is 392 g/mol. The van der Waals surface area contributed by atoms with Gasteiger partial charge in [0.05, 0.1) is 18.2 Å². The molecule has 2 fully saturated rings. The van der Waals surface area contributed by atoms with Gasteiger partial charge in [-0.3, -0.25) is 9.69 Å². The third kappa shape index (κ3) is 4.14. The molecular formula is C17H17F5N2O3. The molecule has 1 saturated heterocycles. The lowest BCUT2D eigenvalue weighted by molar-refractivity contribution is -0.137. The van der Waals surface area contributed by atoms with Crippen LogP contribution in [0.2, 0.25) is 0 Å². The first-order valence-electron chi connectivity index (χ1n) is 8.38. The molecule has 1 saturated carbocycles. The van der Waals surface area contributed by atoms with Crippen LogP contribution >= 0.6 is 0 Å². The highest BCUT2D eigenvalue weighted by Gasteiger charge is 2.43. The van der Waals surface area contributed by atoms with Gasteiger partial charge in [0.1, 0.15) is 18.0 Å². The number of halogens is 5. The van der Waals surface area contributed by atoms with Crippen LogP contribution in [-0.4, -0.2) is 40.8 Å². The number of carbonyl (C=O) groups excluding carboxylic acids is 1. The van der Waals surface area contributed by atoms with Gasteiger partial charge in [0, 0.05) is 12.0 Å². The predicted molar refractivity (Wildman–Crippen MR) is 83.0 cm³/mol. The van der Waals surface area contributed by atoms with E-state index in [1.54, 1.807) is 0 Å². The molecule has 2 amide bonds. The van der Waals surface area contributed by atoms with Crippen molar-refractivity contribution < 1.29 is 36.6 Å². The van der Waals surface area contributed by atoms with Crippen LogP contribution in [0.4, 0.5) is 26.7 Å². The molecule has 0 unspecified atom stereocenters. The highest BCUT2D eigenvalue weighted by Crippen LogP contribution is 2.43. The van der Waals surface area contributed by atoms with E-state index >= 15 is 0 Å². The molecule has 10 heteroatoms.